The van der Waals surface area contributed by atoms with Crippen molar-refractivity contribution in [2.45, 2.75) is 57.1 Å². The van der Waals surface area contributed by atoms with E-state index in [1.54, 1.807) is 0 Å². The second kappa shape index (κ2) is 6.59. The smallest absolute Gasteiger partial charge is 0.0580 e. The van der Waals surface area contributed by atoms with Crippen molar-refractivity contribution in [3.8, 4) is 0 Å². The zero-order valence-electron chi connectivity index (χ0n) is 11.9. The van der Waals surface area contributed by atoms with E-state index in [9.17, 15) is 5.11 Å². The van der Waals surface area contributed by atoms with Crippen LogP contribution in [0, 0.1) is 5.92 Å². The maximum Gasteiger partial charge on any atom is 0.0580 e. The SMILES string of the molecule is OC1CCCCC1CNC1CCc2cc(Br)ccc2C1. The molecule has 0 radical (unpaired) electrons. The highest BCUT2D eigenvalue weighted by molar-refractivity contribution is 9.10. The van der Waals surface area contributed by atoms with Gasteiger partial charge >= 0.3 is 0 Å². The minimum absolute atomic E-state index is 0.0805. The van der Waals surface area contributed by atoms with Gasteiger partial charge in [0.15, 0.2) is 0 Å². The van der Waals surface area contributed by atoms with E-state index in [1.807, 2.05) is 0 Å². The Kier molecular flexibility index (Phi) is 4.79. The molecule has 20 heavy (non-hydrogen) atoms. The Morgan fingerprint density at radius 2 is 2.00 bits per heavy atom. The second-order valence-corrected chi connectivity index (χ2v) is 7.29. The Labute approximate surface area is 130 Å². The van der Waals surface area contributed by atoms with E-state index in [1.165, 1.54) is 47.7 Å². The molecule has 110 valence electrons. The van der Waals surface area contributed by atoms with Crippen molar-refractivity contribution in [1.29, 1.82) is 0 Å². The number of rotatable bonds is 3. The van der Waals surface area contributed by atoms with Crippen LogP contribution >= 0.6 is 15.9 Å². The van der Waals surface area contributed by atoms with Crippen LogP contribution < -0.4 is 5.32 Å². The molecule has 2 nitrogen and oxygen atoms in total. The first-order chi connectivity index (χ1) is 9.72. The molecule has 0 bridgehead atoms. The molecule has 0 spiro atoms. The maximum atomic E-state index is 10.0. The highest BCUT2D eigenvalue weighted by atomic mass is 79.9. The Hall–Kier alpha value is -0.380. The van der Waals surface area contributed by atoms with Gasteiger partial charge in [-0.1, -0.05) is 34.8 Å². The number of hydrogen-bond acceptors (Lipinski definition) is 2. The summed E-state index contributed by atoms with van der Waals surface area (Å²) < 4.78 is 1.19. The molecule has 1 aromatic rings. The third kappa shape index (κ3) is 3.44. The number of aryl methyl sites for hydroxylation is 1. The zero-order valence-corrected chi connectivity index (χ0v) is 13.5. The molecule has 2 aliphatic carbocycles. The summed E-state index contributed by atoms with van der Waals surface area (Å²) in [6, 6.07) is 7.24. The lowest BCUT2D eigenvalue weighted by Crippen LogP contribution is -2.41. The first kappa shape index (κ1) is 14.6. The molecule has 3 rings (SSSR count). The van der Waals surface area contributed by atoms with E-state index in [0.717, 1.165) is 19.4 Å². The minimum Gasteiger partial charge on any atom is -0.393 e. The summed E-state index contributed by atoms with van der Waals surface area (Å²) in [7, 11) is 0. The summed E-state index contributed by atoms with van der Waals surface area (Å²) >= 11 is 3.55. The van der Waals surface area contributed by atoms with Crippen molar-refractivity contribution < 1.29 is 5.11 Å². The molecule has 0 amide bonds. The van der Waals surface area contributed by atoms with Gasteiger partial charge in [0.2, 0.25) is 0 Å². The minimum atomic E-state index is -0.0805. The quantitative estimate of drug-likeness (QED) is 0.885. The lowest BCUT2D eigenvalue weighted by Gasteiger charge is -2.31. The van der Waals surface area contributed by atoms with Gasteiger partial charge in [-0.25, -0.2) is 0 Å². The fraction of sp³-hybridized carbons (Fsp3) is 0.647. The fourth-order valence-corrected chi connectivity index (χ4v) is 4.05. The van der Waals surface area contributed by atoms with E-state index >= 15 is 0 Å². The third-order valence-electron chi connectivity index (χ3n) is 4.93. The monoisotopic (exact) mass is 337 g/mol. The van der Waals surface area contributed by atoms with E-state index in [4.69, 9.17) is 0 Å². The van der Waals surface area contributed by atoms with Crippen molar-refractivity contribution in [3.05, 3.63) is 33.8 Å². The average Bonchev–Trinajstić information content (AvgIpc) is 2.46. The van der Waals surface area contributed by atoms with Crippen molar-refractivity contribution >= 4 is 15.9 Å². The third-order valence-corrected chi connectivity index (χ3v) is 5.43. The highest BCUT2D eigenvalue weighted by Crippen LogP contribution is 2.26. The summed E-state index contributed by atoms with van der Waals surface area (Å²) in [4.78, 5) is 0. The van der Waals surface area contributed by atoms with Crippen LogP contribution in [-0.2, 0) is 12.8 Å². The molecule has 1 aromatic carbocycles. The molecule has 0 heterocycles. The summed E-state index contributed by atoms with van der Waals surface area (Å²) in [5, 5.41) is 13.7. The Bertz CT molecular complexity index is 462. The number of aliphatic hydroxyl groups is 1. The van der Waals surface area contributed by atoms with Gasteiger partial charge in [-0.3, -0.25) is 0 Å². The van der Waals surface area contributed by atoms with Gasteiger partial charge < -0.3 is 10.4 Å². The first-order valence-electron chi connectivity index (χ1n) is 7.91. The molecule has 3 atom stereocenters. The molecule has 2 N–H and O–H groups in total. The largest absolute Gasteiger partial charge is 0.393 e. The van der Waals surface area contributed by atoms with Crippen molar-refractivity contribution in [2.24, 2.45) is 5.92 Å². The van der Waals surface area contributed by atoms with Crippen molar-refractivity contribution in [1.82, 2.24) is 5.32 Å². The summed E-state index contributed by atoms with van der Waals surface area (Å²) in [5.41, 5.74) is 2.98. The second-order valence-electron chi connectivity index (χ2n) is 6.37. The van der Waals surface area contributed by atoms with Crippen LogP contribution in [0.2, 0.25) is 0 Å². The number of halogens is 1. The highest BCUT2D eigenvalue weighted by Gasteiger charge is 2.25. The van der Waals surface area contributed by atoms with Crippen LogP contribution in [0.3, 0.4) is 0 Å². The van der Waals surface area contributed by atoms with E-state index in [-0.39, 0.29) is 6.10 Å². The van der Waals surface area contributed by atoms with Gasteiger partial charge in [0.05, 0.1) is 6.10 Å². The van der Waals surface area contributed by atoms with E-state index in [2.05, 4.69) is 39.4 Å². The van der Waals surface area contributed by atoms with Gasteiger partial charge in [0, 0.05) is 17.1 Å². The first-order valence-corrected chi connectivity index (χ1v) is 8.70. The number of nitrogens with one attached hydrogen (secondary N) is 1. The molecule has 0 aliphatic heterocycles. The summed E-state index contributed by atoms with van der Waals surface area (Å²) in [5.74, 6) is 0.468. The van der Waals surface area contributed by atoms with Crippen molar-refractivity contribution in [3.63, 3.8) is 0 Å². The molecule has 1 saturated carbocycles. The van der Waals surface area contributed by atoms with Crippen LogP contribution in [-0.4, -0.2) is 23.8 Å². The molecular formula is C17H24BrNO. The predicted octanol–water partition coefficient (Wildman–Crippen LogP) is 3.45. The van der Waals surface area contributed by atoms with Crippen LogP contribution in [0.5, 0.6) is 0 Å². The standard InChI is InChI=1S/C17H24BrNO/c18-15-7-5-13-10-16(8-6-12(13)9-15)19-11-14-3-1-2-4-17(14)20/h5,7,9,14,16-17,19-20H,1-4,6,8,10-11H2. The van der Waals surface area contributed by atoms with Gasteiger partial charge in [-0.15, -0.1) is 0 Å². The fourth-order valence-electron chi connectivity index (χ4n) is 3.64. The Morgan fingerprint density at radius 1 is 1.15 bits per heavy atom. The number of fused-ring (bicyclic) bond motifs is 1. The molecule has 0 saturated heterocycles. The topological polar surface area (TPSA) is 32.3 Å². The van der Waals surface area contributed by atoms with Gasteiger partial charge in [-0.05, 0) is 61.3 Å². The van der Waals surface area contributed by atoms with Crippen LogP contribution in [0.25, 0.3) is 0 Å². The average molecular weight is 338 g/mol. The normalized spacial score (nSPS) is 30.0. The Balaban J connectivity index is 1.54. The maximum absolute atomic E-state index is 10.0. The summed E-state index contributed by atoms with van der Waals surface area (Å²) in [6.45, 7) is 0.984. The molecule has 1 fully saturated rings. The van der Waals surface area contributed by atoms with Gasteiger partial charge in [0.25, 0.3) is 0 Å². The van der Waals surface area contributed by atoms with E-state index in [0.29, 0.717) is 12.0 Å². The van der Waals surface area contributed by atoms with E-state index < -0.39 is 0 Å². The van der Waals surface area contributed by atoms with Crippen LogP contribution in [0.1, 0.15) is 43.2 Å². The lowest BCUT2D eigenvalue weighted by atomic mass is 9.85. The number of hydrogen-bond donors (Lipinski definition) is 2. The number of benzene rings is 1. The summed E-state index contributed by atoms with van der Waals surface area (Å²) in [6.07, 6.45) is 8.09. The van der Waals surface area contributed by atoms with Gasteiger partial charge in [-0.2, -0.15) is 0 Å². The molecule has 2 aliphatic rings. The molecule has 0 aromatic heterocycles. The van der Waals surface area contributed by atoms with Crippen LogP contribution in [0.15, 0.2) is 22.7 Å². The van der Waals surface area contributed by atoms with Crippen LogP contribution in [0.4, 0.5) is 0 Å². The van der Waals surface area contributed by atoms with Gasteiger partial charge in [0.1, 0.15) is 0 Å². The van der Waals surface area contributed by atoms with Crippen molar-refractivity contribution in [2.75, 3.05) is 6.54 Å². The Morgan fingerprint density at radius 3 is 2.85 bits per heavy atom. The molecular weight excluding hydrogens is 314 g/mol. The number of aliphatic hydroxyl groups excluding tert-OH is 1. The zero-order chi connectivity index (χ0) is 13.9. The molecule has 3 unspecified atom stereocenters. The molecule has 3 heteroatoms. The lowest BCUT2D eigenvalue weighted by molar-refractivity contribution is 0.0678. The predicted molar refractivity (Wildman–Crippen MR) is 85.9 cm³/mol.